The molecule has 1 atom stereocenters. The molecule has 0 bridgehead atoms. The number of hydrogen-bond donors (Lipinski definition) is 2. The van der Waals surface area contributed by atoms with Crippen LogP contribution in [0.4, 0.5) is 4.39 Å². The largest absolute Gasteiger partial charge is 0.352 e. The molecular formula is C21H24FN3O2. The monoisotopic (exact) mass is 369 g/mol. The molecule has 0 aromatic heterocycles. The number of carbonyl (C=O) groups is 2. The molecule has 3 N–H and O–H groups in total. The number of carbonyl (C=O) groups excluding carboxylic acids is 2. The number of hydrogen-bond acceptors (Lipinski definition) is 3. The normalized spacial score (nSPS) is 15.1. The molecule has 1 fully saturated rings. The molecule has 0 spiro atoms. The Hall–Kier alpha value is -2.73. The van der Waals surface area contributed by atoms with Gasteiger partial charge >= 0.3 is 0 Å². The maximum Gasteiger partial charge on any atom is 0.251 e. The third kappa shape index (κ3) is 5.14. The summed E-state index contributed by atoms with van der Waals surface area (Å²) < 4.78 is 13.7. The molecule has 3 rings (SSSR count). The minimum atomic E-state index is -0.411. The highest BCUT2D eigenvalue weighted by atomic mass is 19.1. The van der Waals surface area contributed by atoms with Gasteiger partial charge in [-0.15, -0.1) is 0 Å². The minimum absolute atomic E-state index is 0.0236. The van der Waals surface area contributed by atoms with Gasteiger partial charge in [-0.2, -0.15) is 0 Å². The van der Waals surface area contributed by atoms with Crippen molar-refractivity contribution < 1.29 is 14.0 Å². The van der Waals surface area contributed by atoms with Gasteiger partial charge in [0.2, 0.25) is 5.91 Å². The first-order valence-corrected chi connectivity index (χ1v) is 9.13. The van der Waals surface area contributed by atoms with E-state index >= 15 is 0 Å². The van der Waals surface area contributed by atoms with E-state index < -0.39 is 6.04 Å². The lowest BCUT2D eigenvalue weighted by atomic mass is 9.97. The first-order chi connectivity index (χ1) is 13.0. The van der Waals surface area contributed by atoms with Gasteiger partial charge in [0.15, 0.2) is 0 Å². The minimum Gasteiger partial charge on any atom is -0.352 e. The zero-order valence-corrected chi connectivity index (χ0v) is 15.1. The van der Waals surface area contributed by atoms with Crippen LogP contribution in [0.2, 0.25) is 0 Å². The molecule has 5 nitrogen and oxygen atoms in total. The van der Waals surface area contributed by atoms with Gasteiger partial charge in [-0.05, 0) is 30.2 Å². The lowest BCUT2D eigenvalue weighted by Gasteiger charge is -2.39. The molecule has 1 aliphatic rings. The lowest BCUT2D eigenvalue weighted by molar-refractivity contribution is -0.137. The summed E-state index contributed by atoms with van der Waals surface area (Å²) in [5, 5.41) is 2.90. The maximum atomic E-state index is 13.7. The van der Waals surface area contributed by atoms with Crippen molar-refractivity contribution in [2.75, 3.05) is 19.6 Å². The summed E-state index contributed by atoms with van der Waals surface area (Å²) in [4.78, 5) is 26.0. The van der Waals surface area contributed by atoms with E-state index in [1.54, 1.807) is 35.2 Å². The first-order valence-electron chi connectivity index (χ1n) is 9.13. The maximum absolute atomic E-state index is 13.7. The highest BCUT2D eigenvalue weighted by molar-refractivity contribution is 5.94. The Balaban J connectivity index is 1.37. The molecule has 2 aromatic carbocycles. The van der Waals surface area contributed by atoms with Crippen molar-refractivity contribution in [1.29, 1.82) is 0 Å². The topological polar surface area (TPSA) is 75.4 Å². The van der Waals surface area contributed by atoms with Crippen molar-refractivity contribution >= 4 is 11.8 Å². The van der Waals surface area contributed by atoms with Crippen molar-refractivity contribution in [1.82, 2.24) is 10.2 Å². The fourth-order valence-corrected chi connectivity index (χ4v) is 3.20. The van der Waals surface area contributed by atoms with Crippen molar-refractivity contribution in [2.45, 2.75) is 18.9 Å². The molecule has 0 unspecified atom stereocenters. The lowest BCUT2D eigenvalue weighted by Crippen LogP contribution is -2.54. The predicted molar refractivity (Wildman–Crippen MR) is 102 cm³/mol. The second-order valence-electron chi connectivity index (χ2n) is 7.00. The molecule has 2 aromatic rings. The second kappa shape index (κ2) is 8.77. The molecule has 6 heteroatoms. The van der Waals surface area contributed by atoms with Gasteiger partial charge in [0, 0.05) is 43.6 Å². The fraction of sp³-hybridized carbons (Fsp3) is 0.333. The summed E-state index contributed by atoms with van der Waals surface area (Å²) in [6.07, 6.45) is 0.528. The number of likely N-dealkylation sites (tertiary alicyclic amines) is 1. The third-order valence-electron chi connectivity index (χ3n) is 4.77. The van der Waals surface area contributed by atoms with Crippen molar-refractivity contribution in [3.63, 3.8) is 0 Å². The van der Waals surface area contributed by atoms with Crippen LogP contribution in [0, 0.1) is 11.7 Å². The molecule has 1 aliphatic heterocycles. The van der Waals surface area contributed by atoms with Gasteiger partial charge in [0.25, 0.3) is 5.91 Å². The molecule has 2 amide bonds. The van der Waals surface area contributed by atoms with Crippen LogP contribution in [-0.4, -0.2) is 42.4 Å². The number of halogens is 1. The van der Waals surface area contributed by atoms with Gasteiger partial charge in [0.05, 0.1) is 0 Å². The Kier molecular flexibility index (Phi) is 6.19. The quantitative estimate of drug-likeness (QED) is 0.784. The van der Waals surface area contributed by atoms with Crippen LogP contribution in [0.15, 0.2) is 54.6 Å². The van der Waals surface area contributed by atoms with E-state index in [1.807, 2.05) is 18.2 Å². The highest BCUT2D eigenvalue weighted by Crippen LogP contribution is 2.17. The summed E-state index contributed by atoms with van der Waals surface area (Å²) in [5.74, 6) is -0.167. The Morgan fingerprint density at radius 1 is 1.11 bits per heavy atom. The summed E-state index contributed by atoms with van der Waals surface area (Å²) >= 11 is 0. The number of nitrogens with two attached hydrogens (primary N) is 1. The van der Waals surface area contributed by atoms with Crippen LogP contribution in [0.3, 0.4) is 0 Å². The van der Waals surface area contributed by atoms with Crippen LogP contribution < -0.4 is 11.1 Å². The van der Waals surface area contributed by atoms with Gasteiger partial charge in [-0.25, -0.2) is 4.39 Å². The smallest absolute Gasteiger partial charge is 0.251 e. The third-order valence-corrected chi connectivity index (χ3v) is 4.77. The Morgan fingerprint density at radius 3 is 2.48 bits per heavy atom. The highest BCUT2D eigenvalue weighted by Gasteiger charge is 2.31. The van der Waals surface area contributed by atoms with Crippen LogP contribution in [0.5, 0.6) is 0 Å². The van der Waals surface area contributed by atoms with Gasteiger partial charge in [0.1, 0.15) is 5.82 Å². The molecular weight excluding hydrogens is 345 g/mol. The van der Waals surface area contributed by atoms with E-state index in [0.717, 1.165) is 0 Å². The fourth-order valence-electron chi connectivity index (χ4n) is 3.20. The Bertz CT molecular complexity index is 791. The summed E-state index contributed by atoms with van der Waals surface area (Å²) in [7, 11) is 0. The molecule has 0 radical (unpaired) electrons. The SMILES string of the molecule is N[C@@H](CC(=O)N1CC(CNC(=O)c2ccccc2)C1)Cc1ccccc1F. The summed E-state index contributed by atoms with van der Waals surface area (Å²) in [5.41, 5.74) is 7.18. The standard InChI is InChI=1S/C21H24FN3O2/c22-19-9-5-4-8-17(19)10-18(23)11-20(26)25-13-15(14-25)12-24-21(27)16-6-2-1-3-7-16/h1-9,15,18H,10-14,23H2,(H,24,27)/t18-/m1/s1. The predicted octanol–water partition coefficient (Wildman–Crippen LogP) is 1.97. The van der Waals surface area contributed by atoms with Crippen molar-refractivity contribution in [3.05, 3.63) is 71.5 Å². The van der Waals surface area contributed by atoms with Crippen LogP contribution in [0.25, 0.3) is 0 Å². The van der Waals surface area contributed by atoms with E-state index in [-0.39, 0.29) is 30.0 Å². The van der Waals surface area contributed by atoms with Crippen LogP contribution >= 0.6 is 0 Å². The average molecular weight is 369 g/mol. The first kappa shape index (κ1) is 19.0. The molecule has 0 aliphatic carbocycles. The Morgan fingerprint density at radius 2 is 1.78 bits per heavy atom. The zero-order chi connectivity index (χ0) is 19.2. The average Bonchev–Trinajstić information content (AvgIpc) is 2.62. The van der Waals surface area contributed by atoms with E-state index in [2.05, 4.69) is 5.32 Å². The van der Waals surface area contributed by atoms with E-state index in [9.17, 15) is 14.0 Å². The number of amides is 2. The summed E-state index contributed by atoms with van der Waals surface area (Å²) in [6, 6.07) is 15.1. The van der Waals surface area contributed by atoms with E-state index in [1.165, 1.54) is 6.07 Å². The molecule has 1 saturated heterocycles. The number of nitrogens with one attached hydrogen (secondary N) is 1. The van der Waals surface area contributed by atoms with Crippen molar-refractivity contribution in [3.8, 4) is 0 Å². The van der Waals surface area contributed by atoms with E-state index in [0.29, 0.717) is 37.2 Å². The number of nitrogens with zero attached hydrogens (tertiary/aromatic N) is 1. The summed E-state index contributed by atoms with van der Waals surface area (Å²) in [6.45, 7) is 1.76. The Labute approximate surface area is 158 Å². The molecule has 27 heavy (non-hydrogen) atoms. The van der Waals surface area contributed by atoms with Crippen molar-refractivity contribution in [2.24, 2.45) is 11.7 Å². The van der Waals surface area contributed by atoms with Gasteiger partial charge in [-0.1, -0.05) is 36.4 Å². The van der Waals surface area contributed by atoms with E-state index in [4.69, 9.17) is 5.73 Å². The van der Waals surface area contributed by atoms with Crippen LogP contribution in [0.1, 0.15) is 22.3 Å². The second-order valence-corrected chi connectivity index (χ2v) is 7.00. The number of rotatable bonds is 7. The van der Waals surface area contributed by atoms with Gasteiger partial charge in [-0.3, -0.25) is 9.59 Å². The van der Waals surface area contributed by atoms with Gasteiger partial charge < -0.3 is 16.0 Å². The molecule has 0 saturated carbocycles. The number of benzene rings is 2. The molecule has 1 heterocycles. The van der Waals surface area contributed by atoms with Crippen LogP contribution in [-0.2, 0) is 11.2 Å². The molecule has 142 valence electrons. The zero-order valence-electron chi connectivity index (χ0n) is 15.1.